The van der Waals surface area contributed by atoms with Crippen LogP contribution in [-0.4, -0.2) is 47.2 Å². The van der Waals surface area contributed by atoms with Crippen LogP contribution >= 0.6 is 0 Å². The zero-order chi connectivity index (χ0) is 14.8. The number of carboxylic acid groups (broad SMARTS) is 1. The molecule has 1 saturated carbocycles. The van der Waals surface area contributed by atoms with Gasteiger partial charge in [0.1, 0.15) is 0 Å². The Morgan fingerprint density at radius 3 is 2.57 bits per heavy atom. The number of aliphatic carboxylic acids is 1. The molecule has 5 heteroatoms. The van der Waals surface area contributed by atoms with Crippen LogP contribution in [-0.2, 0) is 14.3 Å². The highest BCUT2D eigenvalue weighted by Crippen LogP contribution is 2.33. The molecule has 1 heterocycles. The number of allylic oxidation sites excluding steroid dienone is 2. The predicted octanol–water partition coefficient (Wildman–Crippen LogP) is 1.82. The highest BCUT2D eigenvalue weighted by Gasteiger charge is 2.42. The first-order valence-corrected chi connectivity index (χ1v) is 7.98. The maximum atomic E-state index is 12.9. The average molecular weight is 293 g/mol. The van der Waals surface area contributed by atoms with Crippen molar-refractivity contribution in [2.45, 2.75) is 50.7 Å². The van der Waals surface area contributed by atoms with Crippen molar-refractivity contribution in [2.24, 2.45) is 11.8 Å². The van der Waals surface area contributed by atoms with E-state index in [0.29, 0.717) is 26.0 Å². The number of hydrogen-bond donors (Lipinski definition) is 1. The van der Waals surface area contributed by atoms with Crippen LogP contribution in [0.2, 0.25) is 0 Å². The first-order chi connectivity index (χ1) is 10.2. The summed E-state index contributed by atoms with van der Waals surface area (Å²) in [6, 6.07) is 0.153. The van der Waals surface area contributed by atoms with Gasteiger partial charge in [-0.3, -0.25) is 9.59 Å². The van der Waals surface area contributed by atoms with E-state index in [0.717, 1.165) is 25.7 Å². The number of morpholine rings is 1. The minimum atomic E-state index is -0.855. The molecule has 0 aromatic carbocycles. The van der Waals surface area contributed by atoms with Gasteiger partial charge in [-0.15, -0.1) is 0 Å². The Bertz CT molecular complexity index is 446. The Morgan fingerprint density at radius 2 is 1.81 bits per heavy atom. The van der Waals surface area contributed by atoms with Crippen molar-refractivity contribution in [3.63, 3.8) is 0 Å². The van der Waals surface area contributed by atoms with Gasteiger partial charge < -0.3 is 14.7 Å². The standard InChI is InChI=1S/C16H23NO4/c18-15(11-5-1-2-6-12(11)16(19)20)17-9-10-21-14-8-4-3-7-13(14)17/h1-2,11-14H,3-10H2,(H,19,20). The molecule has 1 N–H and O–H groups in total. The van der Waals surface area contributed by atoms with Crippen LogP contribution in [0.25, 0.3) is 0 Å². The molecule has 0 aromatic heterocycles. The molecular formula is C16H23NO4. The molecule has 3 rings (SSSR count). The third-order valence-electron chi connectivity index (χ3n) is 5.08. The van der Waals surface area contributed by atoms with Crippen molar-refractivity contribution in [3.05, 3.63) is 12.2 Å². The largest absolute Gasteiger partial charge is 0.481 e. The van der Waals surface area contributed by atoms with E-state index in [9.17, 15) is 14.7 Å². The summed E-state index contributed by atoms with van der Waals surface area (Å²) in [4.78, 5) is 26.2. The zero-order valence-corrected chi connectivity index (χ0v) is 12.2. The molecule has 116 valence electrons. The molecule has 0 radical (unpaired) electrons. The summed E-state index contributed by atoms with van der Waals surface area (Å²) >= 11 is 0. The van der Waals surface area contributed by atoms with E-state index in [4.69, 9.17) is 4.74 Å². The number of carbonyl (C=O) groups is 2. The van der Waals surface area contributed by atoms with Gasteiger partial charge in [-0.05, 0) is 25.7 Å². The molecule has 0 aromatic rings. The lowest BCUT2D eigenvalue weighted by Gasteiger charge is -2.45. The Kier molecular flexibility index (Phi) is 4.29. The average Bonchev–Trinajstić information content (AvgIpc) is 2.53. The van der Waals surface area contributed by atoms with Crippen LogP contribution in [0.1, 0.15) is 38.5 Å². The Balaban J connectivity index is 1.76. The highest BCUT2D eigenvalue weighted by atomic mass is 16.5. The summed E-state index contributed by atoms with van der Waals surface area (Å²) < 4.78 is 5.80. The summed E-state index contributed by atoms with van der Waals surface area (Å²) in [6.07, 6.45) is 9.27. The number of carbonyl (C=O) groups excluding carboxylic acids is 1. The zero-order valence-electron chi connectivity index (χ0n) is 12.2. The molecule has 21 heavy (non-hydrogen) atoms. The Labute approximate surface area is 124 Å². The van der Waals surface area contributed by atoms with E-state index < -0.39 is 17.8 Å². The van der Waals surface area contributed by atoms with Crippen molar-refractivity contribution < 1.29 is 19.4 Å². The third kappa shape index (κ3) is 2.84. The molecule has 5 nitrogen and oxygen atoms in total. The molecule has 4 unspecified atom stereocenters. The van der Waals surface area contributed by atoms with Gasteiger partial charge in [-0.25, -0.2) is 0 Å². The molecule has 1 saturated heterocycles. The fraction of sp³-hybridized carbons (Fsp3) is 0.750. The van der Waals surface area contributed by atoms with E-state index in [2.05, 4.69) is 0 Å². The van der Waals surface area contributed by atoms with Gasteiger partial charge in [0.15, 0.2) is 0 Å². The van der Waals surface area contributed by atoms with E-state index in [1.807, 2.05) is 17.1 Å². The third-order valence-corrected chi connectivity index (χ3v) is 5.08. The molecule has 3 aliphatic rings. The van der Waals surface area contributed by atoms with Crippen LogP contribution in [0, 0.1) is 11.8 Å². The normalized spacial score (nSPS) is 36.1. The number of rotatable bonds is 2. The SMILES string of the molecule is O=C(O)C1CC=CCC1C(=O)N1CCOC2CCCCC21. The first-order valence-electron chi connectivity index (χ1n) is 7.98. The fourth-order valence-electron chi connectivity index (χ4n) is 3.94. The van der Waals surface area contributed by atoms with Crippen LogP contribution in [0.5, 0.6) is 0 Å². The van der Waals surface area contributed by atoms with Crippen molar-refractivity contribution >= 4 is 11.9 Å². The van der Waals surface area contributed by atoms with Crippen molar-refractivity contribution in [1.29, 1.82) is 0 Å². The van der Waals surface area contributed by atoms with Gasteiger partial charge >= 0.3 is 5.97 Å². The molecule has 2 fully saturated rings. The second kappa shape index (κ2) is 6.18. The lowest BCUT2D eigenvalue weighted by molar-refractivity contribution is -0.160. The number of fused-ring (bicyclic) bond motifs is 1. The van der Waals surface area contributed by atoms with E-state index in [1.54, 1.807) is 0 Å². The number of nitrogens with zero attached hydrogens (tertiary/aromatic N) is 1. The molecular weight excluding hydrogens is 270 g/mol. The summed E-state index contributed by atoms with van der Waals surface area (Å²) in [5.74, 6) is -1.82. The summed E-state index contributed by atoms with van der Waals surface area (Å²) in [5, 5.41) is 9.36. The van der Waals surface area contributed by atoms with Gasteiger partial charge in [-0.2, -0.15) is 0 Å². The molecule has 0 spiro atoms. The van der Waals surface area contributed by atoms with Crippen LogP contribution in [0.3, 0.4) is 0 Å². The highest BCUT2D eigenvalue weighted by molar-refractivity contribution is 5.85. The molecule has 2 aliphatic carbocycles. The Morgan fingerprint density at radius 1 is 1.10 bits per heavy atom. The lowest BCUT2D eigenvalue weighted by Crippen LogP contribution is -2.57. The van der Waals surface area contributed by atoms with E-state index >= 15 is 0 Å². The predicted molar refractivity (Wildman–Crippen MR) is 76.7 cm³/mol. The Hall–Kier alpha value is -1.36. The summed E-state index contributed by atoms with van der Waals surface area (Å²) in [5.41, 5.74) is 0. The summed E-state index contributed by atoms with van der Waals surface area (Å²) in [6.45, 7) is 1.18. The van der Waals surface area contributed by atoms with Gasteiger partial charge in [0.2, 0.25) is 5.91 Å². The number of hydrogen-bond acceptors (Lipinski definition) is 3. The second-order valence-corrected chi connectivity index (χ2v) is 6.29. The fourth-order valence-corrected chi connectivity index (χ4v) is 3.94. The van der Waals surface area contributed by atoms with Crippen molar-refractivity contribution in [2.75, 3.05) is 13.2 Å². The smallest absolute Gasteiger partial charge is 0.307 e. The van der Waals surface area contributed by atoms with Crippen LogP contribution < -0.4 is 0 Å². The second-order valence-electron chi connectivity index (χ2n) is 6.29. The van der Waals surface area contributed by atoms with Gasteiger partial charge in [-0.1, -0.05) is 25.0 Å². The van der Waals surface area contributed by atoms with Crippen molar-refractivity contribution in [1.82, 2.24) is 4.90 Å². The van der Waals surface area contributed by atoms with E-state index in [-0.39, 0.29) is 18.1 Å². The van der Waals surface area contributed by atoms with Crippen LogP contribution in [0.4, 0.5) is 0 Å². The monoisotopic (exact) mass is 293 g/mol. The maximum absolute atomic E-state index is 12.9. The minimum absolute atomic E-state index is 0.0203. The topological polar surface area (TPSA) is 66.8 Å². The van der Waals surface area contributed by atoms with E-state index in [1.165, 1.54) is 0 Å². The molecule has 0 bridgehead atoms. The number of amides is 1. The number of carboxylic acids is 1. The maximum Gasteiger partial charge on any atom is 0.307 e. The van der Waals surface area contributed by atoms with Gasteiger partial charge in [0, 0.05) is 6.54 Å². The molecule has 1 aliphatic heterocycles. The first kappa shape index (κ1) is 14.6. The van der Waals surface area contributed by atoms with Crippen molar-refractivity contribution in [3.8, 4) is 0 Å². The number of ether oxygens (including phenoxy) is 1. The lowest BCUT2D eigenvalue weighted by atomic mass is 9.81. The minimum Gasteiger partial charge on any atom is -0.481 e. The molecule has 1 amide bonds. The van der Waals surface area contributed by atoms with Gasteiger partial charge in [0.05, 0.1) is 30.6 Å². The summed E-state index contributed by atoms with van der Waals surface area (Å²) in [7, 11) is 0. The quantitative estimate of drug-likeness (QED) is 0.789. The van der Waals surface area contributed by atoms with Crippen LogP contribution in [0.15, 0.2) is 12.2 Å². The molecule has 4 atom stereocenters. The van der Waals surface area contributed by atoms with Gasteiger partial charge in [0.25, 0.3) is 0 Å².